The lowest BCUT2D eigenvalue weighted by Gasteiger charge is -2.03. The SMILES string of the molecule is COCCCNCc1ccncc1.Cl. The Morgan fingerprint density at radius 2 is 2.07 bits per heavy atom. The molecule has 0 unspecified atom stereocenters. The van der Waals surface area contributed by atoms with Crippen molar-refractivity contribution in [1.29, 1.82) is 0 Å². The monoisotopic (exact) mass is 216 g/mol. The van der Waals surface area contributed by atoms with E-state index in [2.05, 4.69) is 10.3 Å². The Kier molecular flexibility index (Phi) is 8.53. The van der Waals surface area contributed by atoms with Gasteiger partial charge in [0.05, 0.1) is 0 Å². The molecule has 14 heavy (non-hydrogen) atoms. The molecular weight excluding hydrogens is 200 g/mol. The van der Waals surface area contributed by atoms with Crippen LogP contribution < -0.4 is 5.32 Å². The molecule has 4 heteroatoms. The van der Waals surface area contributed by atoms with Crippen molar-refractivity contribution in [2.45, 2.75) is 13.0 Å². The van der Waals surface area contributed by atoms with Crippen molar-refractivity contribution in [3.63, 3.8) is 0 Å². The molecule has 1 aromatic heterocycles. The molecule has 1 rings (SSSR count). The molecule has 0 atom stereocenters. The van der Waals surface area contributed by atoms with Gasteiger partial charge in [0, 0.05) is 32.7 Å². The zero-order valence-electron chi connectivity index (χ0n) is 8.40. The summed E-state index contributed by atoms with van der Waals surface area (Å²) in [6.07, 6.45) is 4.68. The number of hydrogen-bond donors (Lipinski definition) is 1. The Balaban J connectivity index is 0.00000169. The summed E-state index contributed by atoms with van der Waals surface area (Å²) in [5.41, 5.74) is 1.27. The van der Waals surface area contributed by atoms with Crippen LogP contribution >= 0.6 is 12.4 Å². The second kappa shape index (κ2) is 8.94. The number of nitrogens with one attached hydrogen (secondary N) is 1. The molecule has 0 saturated carbocycles. The lowest BCUT2D eigenvalue weighted by Crippen LogP contribution is -2.15. The molecule has 0 fully saturated rings. The molecule has 0 aromatic carbocycles. The van der Waals surface area contributed by atoms with E-state index in [-0.39, 0.29) is 12.4 Å². The molecule has 1 heterocycles. The van der Waals surface area contributed by atoms with Gasteiger partial charge in [0.1, 0.15) is 0 Å². The fraction of sp³-hybridized carbons (Fsp3) is 0.500. The van der Waals surface area contributed by atoms with Gasteiger partial charge in [-0.3, -0.25) is 4.98 Å². The number of hydrogen-bond acceptors (Lipinski definition) is 3. The summed E-state index contributed by atoms with van der Waals surface area (Å²) < 4.78 is 4.94. The van der Waals surface area contributed by atoms with Crippen LogP contribution in [0.15, 0.2) is 24.5 Å². The van der Waals surface area contributed by atoms with Crippen LogP contribution in [0.25, 0.3) is 0 Å². The van der Waals surface area contributed by atoms with Crippen molar-refractivity contribution in [1.82, 2.24) is 10.3 Å². The van der Waals surface area contributed by atoms with Crippen molar-refractivity contribution in [3.05, 3.63) is 30.1 Å². The Labute approximate surface area is 91.3 Å². The molecule has 0 radical (unpaired) electrons. The van der Waals surface area contributed by atoms with E-state index in [1.807, 2.05) is 24.5 Å². The topological polar surface area (TPSA) is 34.1 Å². The number of aromatic nitrogens is 1. The first-order chi connectivity index (χ1) is 6.43. The smallest absolute Gasteiger partial charge is 0.0474 e. The fourth-order valence-electron chi connectivity index (χ4n) is 1.07. The molecule has 80 valence electrons. The highest BCUT2D eigenvalue weighted by Crippen LogP contribution is 1.94. The third-order valence-electron chi connectivity index (χ3n) is 1.78. The normalized spacial score (nSPS) is 9.50. The summed E-state index contributed by atoms with van der Waals surface area (Å²) in [4.78, 5) is 3.96. The fourth-order valence-corrected chi connectivity index (χ4v) is 1.07. The largest absolute Gasteiger partial charge is 0.385 e. The molecule has 1 N–H and O–H groups in total. The van der Waals surface area contributed by atoms with Gasteiger partial charge in [0.2, 0.25) is 0 Å². The maximum atomic E-state index is 4.94. The molecule has 0 bridgehead atoms. The molecule has 0 spiro atoms. The quantitative estimate of drug-likeness (QED) is 0.734. The van der Waals surface area contributed by atoms with Gasteiger partial charge in [-0.25, -0.2) is 0 Å². The molecule has 0 aliphatic heterocycles. The third kappa shape index (κ3) is 5.91. The summed E-state index contributed by atoms with van der Waals surface area (Å²) in [5, 5.41) is 3.33. The van der Waals surface area contributed by atoms with Gasteiger partial charge >= 0.3 is 0 Å². The zero-order valence-corrected chi connectivity index (χ0v) is 9.22. The number of halogens is 1. The number of rotatable bonds is 6. The Bertz CT molecular complexity index is 219. The standard InChI is InChI=1S/C10H16N2O.ClH/c1-13-8-2-5-12-9-10-3-6-11-7-4-10;/h3-4,6-7,12H,2,5,8-9H2,1H3;1H. The minimum absolute atomic E-state index is 0. The maximum absolute atomic E-state index is 4.94. The summed E-state index contributed by atoms with van der Waals surface area (Å²) in [7, 11) is 1.73. The van der Waals surface area contributed by atoms with Gasteiger partial charge in [-0.1, -0.05) is 0 Å². The van der Waals surface area contributed by atoms with Crippen molar-refractivity contribution < 1.29 is 4.74 Å². The molecule has 3 nitrogen and oxygen atoms in total. The third-order valence-corrected chi connectivity index (χ3v) is 1.78. The lowest BCUT2D eigenvalue weighted by atomic mass is 10.3. The maximum Gasteiger partial charge on any atom is 0.0474 e. The molecule has 0 saturated heterocycles. The highest BCUT2D eigenvalue weighted by molar-refractivity contribution is 5.85. The average molecular weight is 217 g/mol. The van der Waals surface area contributed by atoms with Crippen LogP contribution in [0, 0.1) is 0 Å². The van der Waals surface area contributed by atoms with E-state index < -0.39 is 0 Å². The second-order valence-electron chi connectivity index (χ2n) is 2.88. The van der Waals surface area contributed by atoms with E-state index in [0.29, 0.717) is 0 Å². The van der Waals surface area contributed by atoms with Gasteiger partial charge in [-0.15, -0.1) is 12.4 Å². The number of pyridine rings is 1. The molecule has 1 aromatic rings. The molecule has 0 amide bonds. The van der Waals surface area contributed by atoms with E-state index in [1.54, 1.807) is 7.11 Å². The van der Waals surface area contributed by atoms with E-state index >= 15 is 0 Å². The predicted molar refractivity (Wildman–Crippen MR) is 59.7 cm³/mol. The number of methoxy groups -OCH3 is 1. The van der Waals surface area contributed by atoms with Crippen LogP contribution in [0.4, 0.5) is 0 Å². The first kappa shape index (κ1) is 13.4. The van der Waals surface area contributed by atoms with Gasteiger partial charge in [0.15, 0.2) is 0 Å². The van der Waals surface area contributed by atoms with Gasteiger partial charge in [-0.05, 0) is 30.7 Å². The summed E-state index contributed by atoms with van der Waals surface area (Å²) >= 11 is 0. The summed E-state index contributed by atoms with van der Waals surface area (Å²) in [6.45, 7) is 2.73. The zero-order chi connectivity index (χ0) is 9.36. The van der Waals surface area contributed by atoms with E-state index in [0.717, 1.165) is 26.1 Å². The molecule has 0 aliphatic rings. The number of nitrogens with zero attached hydrogens (tertiary/aromatic N) is 1. The van der Waals surface area contributed by atoms with E-state index in [9.17, 15) is 0 Å². The first-order valence-electron chi connectivity index (χ1n) is 4.52. The molecular formula is C10H17ClN2O. The van der Waals surface area contributed by atoms with Crippen LogP contribution in [0.1, 0.15) is 12.0 Å². The van der Waals surface area contributed by atoms with E-state index in [4.69, 9.17) is 4.74 Å². The second-order valence-corrected chi connectivity index (χ2v) is 2.88. The average Bonchev–Trinajstić information content (AvgIpc) is 2.19. The van der Waals surface area contributed by atoms with Gasteiger partial charge in [-0.2, -0.15) is 0 Å². The molecule has 0 aliphatic carbocycles. The van der Waals surface area contributed by atoms with Crippen LogP contribution in [0.5, 0.6) is 0 Å². The van der Waals surface area contributed by atoms with Crippen molar-refractivity contribution >= 4 is 12.4 Å². The summed E-state index contributed by atoms with van der Waals surface area (Å²) in [5.74, 6) is 0. The van der Waals surface area contributed by atoms with Crippen LogP contribution in [-0.4, -0.2) is 25.2 Å². The van der Waals surface area contributed by atoms with E-state index in [1.165, 1.54) is 5.56 Å². The minimum Gasteiger partial charge on any atom is -0.385 e. The highest BCUT2D eigenvalue weighted by atomic mass is 35.5. The summed E-state index contributed by atoms with van der Waals surface area (Å²) in [6, 6.07) is 4.03. The first-order valence-corrected chi connectivity index (χ1v) is 4.52. The highest BCUT2D eigenvalue weighted by Gasteiger charge is 1.90. The Hall–Kier alpha value is -0.640. The number of ether oxygens (including phenoxy) is 1. The van der Waals surface area contributed by atoms with Crippen molar-refractivity contribution in [2.75, 3.05) is 20.3 Å². The van der Waals surface area contributed by atoms with Gasteiger partial charge < -0.3 is 10.1 Å². The van der Waals surface area contributed by atoms with Crippen LogP contribution in [-0.2, 0) is 11.3 Å². The van der Waals surface area contributed by atoms with Crippen molar-refractivity contribution in [3.8, 4) is 0 Å². The predicted octanol–water partition coefficient (Wildman–Crippen LogP) is 1.63. The van der Waals surface area contributed by atoms with Crippen molar-refractivity contribution in [2.24, 2.45) is 0 Å². The Morgan fingerprint density at radius 1 is 1.36 bits per heavy atom. The minimum atomic E-state index is 0. The Morgan fingerprint density at radius 3 is 2.71 bits per heavy atom. The lowest BCUT2D eigenvalue weighted by molar-refractivity contribution is 0.194. The van der Waals surface area contributed by atoms with Gasteiger partial charge in [0.25, 0.3) is 0 Å². The van der Waals surface area contributed by atoms with Crippen LogP contribution in [0.2, 0.25) is 0 Å². The van der Waals surface area contributed by atoms with Crippen LogP contribution in [0.3, 0.4) is 0 Å².